The Morgan fingerprint density at radius 2 is 1.92 bits per heavy atom. The number of amides is 1. The largest absolute Gasteiger partial charge is 0.455 e. The van der Waals surface area contributed by atoms with Gasteiger partial charge in [0.05, 0.1) is 13.2 Å². The average Bonchev–Trinajstić information content (AvgIpc) is 2.58. The summed E-state index contributed by atoms with van der Waals surface area (Å²) in [7, 11) is 1.54. The summed E-state index contributed by atoms with van der Waals surface area (Å²) in [4.78, 5) is 24.0. The van der Waals surface area contributed by atoms with Gasteiger partial charge < -0.3 is 25.3 Å². The van der Waals surface area contributed by atoms with Gasteiger partial charge >= 0.3 is 5.97 Å². The van der Waals surface area contributed by atoms with Gasteiger partial charge in [-0.25, -0.2) is 0 Å². The van der Waals surface area contributed by atoms with Crippen LogP contribution in [-0.2, 0) is 23.8 Å². The molecular formula is C17H32N2O5. The minimum absolute atomic E-state index is 0.0173. The van der Waals surface area contributed by atoms with Gasteiger partial charge in [-0.15, -0.1) is 0 Å². The van der Waals surface area contributed by atoms with Crippen molar-refractivity contribution in [2.75, 3.05) is 26.8 Å². The number of carbonyl (C=O) groups is 2. The maximum atomic E-state index is 12.4. The lowest BCUT2D eigenvalue weighted by molar-refractivity contribution is -0.199. The maximum absolute atomic E-state index is 12.4. The van der Waals surface area contributed by atoms with E-state index >= 15 is 0 Å². The lowest BCUT2D eigenvalue weighted by Crippen LogP contribution is -2.58. The molecule has 1 aliphatic rings. The fraction of sp³-hybridized carbons (Fsp3) is 0.882. The van der Waals surface area contributed by atoms with Crippen molar-refractivity contribution in [3.63, 3.8) is 0 Å². The molecule has 1 saturated heterocycles. The Hall–Kier alpha value is -1.18. The normalized spacial score (nSPS) is 26.8. The highest BCUT2D eigenvalue weighted by Gasteiger charge is 2.44. The summed E-state index contributed by atoms with van der Waals surface area (Å²) in [6.07, 6.45) is 3.55. The summed E-state index contributed by atoms with van der Waals surface area (Å²) < 4.78 is 16.4. The molecule has 0 aromatic carbocycles. The van der Waals surface area contributed by atoms with Crippen molar-refractivity contribution in [1.82, 2.24) is 5.32 Å². The molecule has 3 N–H and O–H groups in total. The van der Waals surface area contributed by atoms with Crippen molar-refractivity contribution in [2.24, 2.45) is 11.7 Å². The molecule has 0 aromatic heterocycles. The number of hydrogen-bond donors (Lipinski definition) is 2. The first-order valence-electron chi connectivity index (χ1n) is 8.86. The predicted octanol–water partition coefficient (Wildman–Crippen LogP) is 0.993. The highest BCUT2D eigenvalue weighted by Crippen LogP contribution is 2.25. The highest BCUT2D eigenvalue weighted by atomic mass is 16.6. The fourth-order valence-corrected chi connectivity index (χ4v) is 2.90. The molecule has 1 fully saturated rings. The summed E-state index contributed by atoms with van der Waals surface area (Å²) >= 11 is 0. The predicted molar refractivity (Wildman–Crippen MR) is 90.4 cm³/mol. The van der Waals surface area contributed by atoms with Crippen LogP contribution in [0.5, 0.6) is 0 Å². The number of unbranched alkanes of at least 4 members (excludes halogenated alkanes) is 4. The number of esters is 1. The molecule has 1 aliphatic heterocycles. The van der Waals surface area contributed by atoms with E-state index in [1.807, 2.05) is 6.92 Å². The smallest absolute Gasteiger partial charge is 0.320 e. The topological polar surface area (TPSA) is 99.9 Å². The minimum Gasteiger partial charge on any atom is -0.455 e. The summed E-state index contributed by atoms with van der Waals surface area (Å²) in [5, 5.41) is 2.87. The number of methoxy groups -OCH3 is 1. The fourth-order valence-electron chi connectivity index (χ4n) is 2.90. The van der Waals surface area contributed by atoms with E-state index in [4.69, 9.17) is 19.9 Å². The summed E-state index contributed by atoms with van der Waals surface area (Å²) in [6, 6.07) is 0. The van der Waals surface area contributed by atoms with Crippen molar-refractivity contribution < 1.29 is 23.8 Å². The Morgan fingerprint density at radius 1 is 1.21 bits per heavy atom. The molecule has 7 nitrogen and oxygen atoms in total. The van der Waals surface area contributed by atoms with Crippen LogP contribution in [0.2, 0.25) is 0 Å². The molecule has 0 saturated carbocycles. The molecule has 1 amide bonds. The monoisotopic (exact) mass is 344 g/mol. The Bertz CT molecular complexity index is 391. The maximum Gasteiger partial charge on any atom is 0.320 e. The summed E-state index contributed by atoms with van der Waals surface area (Å²) in [6.45, 7) is 4.82. The van der Waals surface area contributed by atoms with Crippen LogP contribution in [0, 0.1) is 5.92 Å². The number of nitrogens with one attached hydrogen (secondary N) is 1. The molecule has 24 heavy (non-hydrogen) atoms. The number of rotatable bonds is 10. The van der Waals surface area contributed by atoms with E-state index < -0.39 is 24.3 Å². The minimum atomic E-state index is -0.864. The Labute approximate surface area is 144 Å². The quantitative estimate of drug-likeness (QED) is 0.453. The number of hydrogen-bond acceptors (Lipinski definition) is 6. The Kier molecular flexibility index (Phi) is 9.90. The average molecular weight is 344 g/mol. The van der Waals surface area contributed by atoms with E-state index in [1.54, 1.807) is 7.11 Å². The molecule has 0 aliphatic carbocycles. The number of carbonyl (C=O) groups excluding carboxylic acids is 2. The van der Waals surface area contributed by atoms with Crippen LogP contribution in [0.3, 0.4) is 0 Å². The summed E-state index contributed by atoms with van der Waals surface area (Å²) in [5.74, 6) is -0.824. The van der Waals surface area contributed by atoms with E-state index in [2.05, 4.69) is 12.2 Å². The van der Waals surface area contributed by atoms with Crippen LogP contribution in [0.15, 0.2) is 0 Å². The lowest BCUT2D eigenvalue weighted by atomic mass is 9.93. The van der Waals surface area contributed by atoms with Gasteiger partial charge in [-0.2, -0.15) is 0 Å². The Balaban J connectivity index is 2.57. The second-order valence-corrected chi connectivity index (χ2v) is 6.30. The molecule has 0 radical (unpaired) electrons. The van der Waals surface area contributed by atoms with Gasteiger partial charge in [-0.1, -0.05) is 39.5 Å². The van der Waals surface area contributed by atoms with E-state index in [9.17, 15) is 9.59 Å². The first-order valence-corrected chi connectivity index (χ1v) is 8.86. The lowest BCUT2D eigenvalue weighted by Gasteiger charge is -2.39. The molecule has 1 heterocycles. The molecule has 140 valence electrons. The second kappa shape index (κ2) is 11.4. The first-order chi connectivity index (χ1) is 11.5. The van der Waals surface area contributed by atoms with Gasteiger partial charge in [0.2, 0.25) is 0 Å². The van der Waals surface area contributed by atoms with Crippen molar-refractivity contribution in [2.45, 2.75) is 64.3 Å². The molecule has 1 rings (SSSR count). The van der Waals surface area contributed by atoms with Gasteiger partial charge in [0, 0.05) is 19.6 Å². The molecule has 0 spiro atoms. The number of ether oxygens (including phenoxy) is 3. The van der Waals surface area contributed by atoms with Crippen molar-refractivity contribution in [1.29, 1.82) is 0 Å². The third-order valence-corrected chi connectivity index (χ3v) is 4.27. The molecule has 0 unspecified atom stereocenters. The zero-order chi connectivity index (χ0) is 17.9. The molecule has 4 atom stereocenters. The van der Waals surface area contributed by atoms with Crippen LogP contribution in [0.1, 0.15) is 46.0 Å². The molecule has 0 bridgehead atoms. The standard InChI is InChI=1S/C17H32N2O5/c1-4-5-6-7-8-9-19-17(21)16-15(24-13(20)10-18)14(22-3)12(2)11-23-16/h12,14-16H,4-11,18H2,1-3H3,(H,19,21)/t12-,14-,15+,16-/m0/s1. The van der Waals surface area contributed by atoms with Crippen molar-refractivity contribution in [3.8, 4) is 0 Å². The Morgan fingerprint density at radius 3 is 2.54 bits per heavy atom. The molecular weight excluding hydrogens is 312 g/mol. The zero-order valence-electron chi connectivity index (χ0n) is 15.1. The van der Waals surface area contributed by atoms with Crippen molar-refractivity contribution in [3.05, 3.63) is 0 Å². The molecule has 0 aromatic rings. The van der Waals surface area contributed by atoms with E-state index in [0.717, 1.165) is 12.8 Å². The van der Waals surface area contributed by atoms with Gasteiger partial charge in [0.1, 0.15) is 6.10 Å². The van der Waals surface area contributed by atoms with Crippen LogP contribution in [0.25, 0.3) is 0 Å². The SMILES string of the molecule is CCCCCCCNC(=O)[C@H]1OC[C@H](C)[C@H](OC)[C@H]1OC(=O)CN. The second-order valence-electron chi connectivity index (χ2n) is 6.30. The van der Waals surface area contributed by atoms with E-state index in [1.165, 1.54) is 19.3 Å². The highest BCUT2D eigenvalue weighted by molar-refractivity contribution is 5.82. The zero-order valence-corrected chi connectivity index (χ0v) is 15.1. The summed E-state index contributed by atoms with van der Waals surface area (Å²) in [5.41, 5.74) is 5.31. The van der Waals surface area contributed by atoms with Crippen LogP contribution < -0.4 is 11.1 Å². The van der Waals surface area contributed by atoms with Gasteiger partial charge in [0.25, 0.3) is 5.91 Å². The van der Waals surface area contributed by atoms with Crippen LogP contribution in [0.4, 0.5) is 0 Å². The van der Waals surface area contributed by atoms with Gasteiger partial charge in [0.15, 0.2) is 12.2 Å². The molecule has 7 heteroatoms. The van der Waals surface area contributed by atoms with Crippen LogP contribution >= 0.6 is 0 Å². The van der Waals surface area contributed by atoms with Gasteiger partial charge in [-0.05, 0) is 6.42 Å². The van der Waals surface area contributed by atoms with Crippen LogP contribution in [-0.4, -0.2) is 57.0 Å². The van der Waals surface area contributed by atoms with Gasteiger partial charge in [-0.3, -0.25) is 9.59 Å². The first kappa shape index (κ1) is 20.9. The van der Waals surface area contributed by atoms with Crippen molar-refractivity contribution >= 4 is 11.9 Å². The third kappa shape index (κ3) is 6.37. The number of nitrogens with two attached hydrogens (primary N) is 1. The van der Waals surface area contributed by atoms with E-state index in [0.29, 0.717) is 13.2 Å². The van der Waals surface area contributed by atoms with E-state index in [-0.39, 0.29) is 18.4 Å². The third-order valence-electron chi connectivity index (χ3n) is 4.27.